The van der Waals surface area contributed by atoms with Gasteiger partial charge >= 0.3 is 0 Å². The molecule has 3 atom stereocenters. The van der Waals surface area contributed by atoms with E-state index >= 15 is 0 Å². The fourth-order valence-electron chi connectivity index (χ4n) is 4.20. The summed E-state index contributed by atoms with van der Waals surface area (Å²) < 4.78 is 0. The van der Waals surface area contributed by atoms with Gasteiger partial charge in [-0.05, 0) is 38.0 Å². The van der Waals surface area contributed by atoms with Crippen LogP contribution in [0.4, 0.5) is 0 Å². The number of carbonyl (C=O) groups excluding carboxylic acids is 1. The lowest BCUT2D eigenvalue weighted by molar-refractivity contribution is -0.136. The van der Waals surface area contributed by atoms with E-state index in [1.54, 1.807) is 0 Å². The van der Waals surface area contributed by atoms with Gasteiger partial charge in [0.05, 0.1) is 5.92 Å². The van der Waals surface area contributed by atoms with Crippen LogP contribution in [0, 0.1) is 11.8 Å². The van der Waals surface area contributed by atoms with E-state index in [2.05, 4.69) is 4.90 Å². The molecule has 2 fully saturated rings. The highest BCUT2D eigenvalue weighted by atomic mass is 16.2. The molecule has 106 valence electrons. The first kappa shape index (κ1) is 13.2. The summed E-state index contributed by atoms with van der Waals surface area (Å²) in [7, 11) is 0. The van der Waals surface area contributed by atoms with Crippen LogP contribution in [0.15, 0.2) is 12.2 Å². The van der Waals surface area contributed by atoms with E-state index in [0.29, 0.717) is 11.9 Å². The number of amides is 1. The molecule has 2 aliphatic carbocycles. The molecule has 0 aromatic carbocycles. The number of hydrogen-bond donors (Lipinski definition) is 1. The number of nitrogens with two attached hydrogens (primary N) is 1. The molecule has 1 amide bonds. The summed E-state index contributed by atoms with van der Waals surface area (Å²) in [6, 6.07) is 0.614. The second-order valence-electron chi connectivity index (χ2n) is 6.53. The standard InChI is InChI=1S/C16H26N2O/c17-14-9-8-13(11-14)16(19)18-10-4-7-15(18)12-5-2-1-3-6-12/h8-9,12-15H,1-7,10-11,17H2. The van der Waals surface area contributed by atoms with Crippen LogP contribution in [-0.4, -0.2) is 29.4 Å². The molecule has 1 heterocycles. The maximum Gasteiger partial charge on any atom is 0.229 e. The normalized spacial score (nSPS) is 36.1. The number of hydrogen-bond acceptors (Lipinski definition) is 2. The Labute approximate surface area is 116 Å². The molecule has 3 aliphatic rings. The van der Waals surface area contributed by atoms with Gasteiger partial charge in [0.25, 0.3) is 0 Å². The number of carbonyl (C=O) groups is 1. The van der Waals surface area contributed by atoms with Crippen LogP contribution in [0.25, 0.3) is 0 Å². The van der Waals surface area contributed by atoms with E-state index in [0.717, 1.165) is 18.9 Å². The molecule has 3 nitrogen and oxygen atoms in total. The van der Waals surface area contributed by atoms with Crippen molar-refractivity contribution in [3.05, 3.63) is 12.2 Å². The van der Waals surface area contributed by atoms with Crippen molar-refractivity contribution < 1.29 is 4.79 Å². The molecule has 0 bridgehead atoms. The van der Waals surface area contributed by atoms with Gasteiger partial charge in [-0.1, -0.05) is 31.4 Å². The molecule has 1 saturated carbocycles. The Morgan fingerprint density at radius 3 is 2.53 bits per heavy atom. The van der Waals surface area contributed by atoms with Gasteiger partial charge in [0.2, 0.25) is 5.91 Å². The lowest BCUT2D eigenvalue weighted by Crippen LogP contribution is -2.43. The van der Waals surface area contributed by atoms with Gasteiger partial charge in [-0.15, -0.1) is 0 Å². The topological polar surface area (TPSA) is 46.3 Å². The molecule has 0 aromatic rings. The molecular formula is C16H26N2O. The summed E-state index contributed by atoms with van der Waals surface area (Å²) in [4.78, 5) is 14.9. The fraction of sp³-hybridized carbons (Fsp3) is 0.812. The lowest BCUT2D eigenvalue weighted by Gasteiger charge is -2.35. The molecule has 1 saturated heterocycles. The second kappa shape index (κ2) is 5.66. The van der Waals surface area contributed by atoms with Crippen LogP contribution < -0.4 is 5.73 Å². The zero-order valence-corrected chi connectivity index (χ0v) is 11.8. The predicted octanol–water partition coefficient (Wildman–Crippen LogP) is 2.46. The highest BCUT2D eigenvalue weighted by Gasteiger charge is 2.38. The molecule has 2 N–H and O–H groups in total. The zero-order valence-electron chi connectivity index (χ0n) is 11.8. The largest absolute Gasteiger partial charge is 0.339 e. The minimum absolute atomic E-state index is 0.0548. The summed E-state index contributed by atoms with van der Waals surface area (Å²) in [5.74, 6) is 1.16. The highest BCUT2D eigenvalue weighted by molar-refractivity contribution is 5.81. The van der Waals surface area contributed by atoms with Crippen molar-refractivity contribution in [2.45, 2.75) is 63.5 Å². The molecule has 0 radical (unpaired) electrons. The van der Waals surface area contributed by atoms with E-state index in [4.69, 9.17) is 5.73 Å². The Bertz CT molecular complexity index is 360. The van der Waals surface area contributed by atoms with Gasteiger partial charge in [-0.3, -0.25) is 4.79 Å². The van der Waals surface area contributed by atoms with Gasteiger partial charge < -0.3 is 10.6 Å². The van der Waals surface area contributed by atoms with Crippen molar-refractivity contribution in [3.8, 4) is 0 Å². The maximum atomic E-state index is 12.7. The first-order valence-corrected chi connectivity index (χ1v) is 8.00. The number of likely N-dealkylation sites (tertiary alicyclic amines) is 1. The van der Waals surface area contributed by atoms with Crippen molar-refractivity contribution in [1.29, 1.82) is 0 Å². The monoisotopic (exact) mass is 262 g/mol. The zero-order chi connectivity index (χ0) is 13.2. The minimum atomic E-state index is 0.0548. The van der Waals surface area contributed by atoms with Crippen molar-refractivity contribution in [2.75, 3.05) is 6.54 Å². The molecule has 19 heavy (non-hydrogen) atoms. The summed E-state index contributed by atoms with van der Waals surface area (Å²) in [5, 5.41) is 0. The molecule has 0 aromatic heterocycles. The van der Waals surface area contributed by atoms with Crippen LogP contribution in [0.2, 0.25) is 0 Å². The van der Waals surface area contributed by atoms with E-state index in [1.807, 2.05) is 12.2 Å². The SMILES string of the molecule is NC1C=CC(C(=O)N2CCCC2C2CCCCC2)C1. The van der Waals surface area contributed by atoms with Crippen molar-refractivity contribution in [1.82, 2.24) is 4.90 Å². The van der Waals surface area contributed by atoms with Gasteiger partial charge in [0.1, 0.15) is 0 Å². The van der Waals surface area contributed by atoms with E-state index in [1.165, 1.54) is 44.9 Å². The molecule has 3 rings (SSSR count). The van der Waals surface area contributed by atoms with Gasteiger partial charge in [-0.2, -0.15) is 0 Å². The summed E-state index contributed by atoms with van der Waals surface area (Å²) >= 11 is 0. The average molecular weight is 262 g/mol. The summed E-state index contributed by atoms with van der Waals surface area (Å²) in [5.41, 5.74) is 5.88. The third-order valence-corrected chi connectivity index (χ3v) is 5.21. The average Bonchev–Trinajstić information content (AvgIpc) is 3.07. The van der Waals surface area contributed by atoms with Crippen molar-refractivity contribution >= 4 is 5.91 Å². The fourth-order valence-corrected chi connectivity index (χ4v) is 4.20. The molecule has 3 unspecified atom stereocenters. The van der Waals surface area contributed by atoms with E-state index in [9.17, 15) is 4.79 Å². The Hall–Kier alpha value is -0.830. The maximum absolute atomic E-state index is 12.7. The van der Waals surface area contributed by atoms with E-state index in [-0.39, 0.29) is 12.0 Å². The Kier molecular flexibility index (Phi) is 3.92. The Balaban J connectivity index is 1.65. The van der Waals surface area contributed by atoms with Crippen LogP contribution >= 0.6 is 0 Å². The summed E-state index contributed by atoms with van der Waals surface area (Å²) in [6.07, 6.45) is 14.0. The van der Waals surface area contributed by atoms with Crippen LogP contribution in [-0.2, 0) is 4.79 Å². The Morgan fingerprint density at radius 1 is 1.05 bits per heavy atom. The van der Waals surface area contributed by atoms with Crippen LogP contribution in [0.5, 0.6) is 0 Å². The van der Waals surface area contributed by atoms with Gasteiger partial charge in [-0.25, -0.2) is 0 Å². The van der Waals surface area contributed by atoms with Crippen LogP contribution in [0.3, 0.4) is 0 Å². The molecule has 3 heteroatoms. The van der Waals surface area contributed by atoms with Gasteiger partial charge in [0.15, 0.2) is 0 Å². The Morgan fingerprint density at radius 2 is 1.84 bits per heavy atom. The summed E-state index contributed by atoms with van der Waals surface area (Å²) in [6.45, 7) is 0.972. The third-order valence-electron chi connectivity index (χ3n) is 5.21. The molecule has 0 spiro atoms. The van der Waals surface area contributed by atoms with Crippen LogP contribution in [0.1, 0.15) is 51.4 Å². The van der Waals surface area contributed by atoms with Crippen molar-refractivity contribution in [2.24, 2.45) is 17.6 Å². The minimum Gasteiger partial charge on any atom is -0.339 e. The first-order valence-electron chi connectivity index (χ1n) is 8.00. The smallest absolute Gasteiger partial charge is 0.229 e. The quantitative estimate of drug-likeness (QED) is 0.777. The predicted molar refractivity (Wildman–Crippen MR) is 76.5 cm³/mol. The number of rotatable bonds is 2. The number of nitrogens with zero attached hydrogens (tertiary/aromatic N) is 1. The van der Waals surface area contributed by atoms with E-state index < -0.39 is 0 Å². The highest BCUT2D eigenvalue weighted by Crippen LogP contribution is 2.35. The third kappa shape index (κ3) is 2.71. The molecular weight excluding hydrogens is 236 g/mol. The van der Waals surface area contributed by atoms with Crippen molar-refractivity contribution in [3.63, 3.8) is 0 Å². The molecule has 1 aliphatic heterocycles. The second-order valence-corrected chi connectivity index (χ2v) is 6.53. The van der Waals surface area contributed by atoms with Gasteiger partial charge in [0, 0.05) is 18.6 Å². The lowest BCUT2D eigenvalue weighted by atomic mass is 9.82. The first-order chi connectivity index (χ1) is 9.25.